The van der Waals surface area contributed by atoms with Gasteiger partial charge in [-0.15, -0.1) is 0 Å². The lowest BCUT2D eigenvalue weighted by atomic mass is 9.75. The van der Waals surface area contributed by atoms with Crippen molar-refractivity contribution in [1.29, 1.82) is 0 Å². The predicted molar refractivity (Wildman–Crippen MR) is 86.6 cm³/mol. The van der Waals surface area contributed by atoms with Gasteiger partial charge in [-0.25, -0.2) is 0 Å². The van der Waals surface area contributed by atoms with Crippen molar-refractivity contribution in [1.82, 2.24) is 4.90 Å². The van der Waals surface area contributed by atoms with E-state index < -0.39 is 5.72 Å². The SMILES string of the molecule is COc1cc2c(cc1OC)[C@@]1(O)[C@H]3[C@@H](C(=O)N1CC2)[C@H]1C=C[C@@H]3C1. The third kappa shape index (κ3) is 1.47. The van der Waals surface area contributed by atoms with E-state index >= 15 is 0 Å². The number of aliphatic hydroxyl groups is 1. The second-order valence-electron chi connectivity index (χ2n) is 7.33. The molecular weight excluding hydrogens is 306 g/mol. The first-order valence-electron chi connectivity index (χ1n) is 8.57. The second-order valence-corrected chi connectivity index (χ2v) is 7.33. The molecule has 2 aliphatic carbocycles. The summed E-state index contributed by atoms with van der Waals surface area (Å²) in [5.41, 5.74) is 0.638. The molecule has 5 heteroatoms. The van der Waals surface area contributed by atoms with Crippen LogP contribution in [0.3, 0.4) is 0 Å². The van der Waals surface area contributed by atoms with Gasteiger partial charge in [-0.3, -0.25) is 4.79 Å². The van der Waals surface area contributed by atoms with Gasteiger partial charge in [0.25, 0.3) is 0 Å². The van der Waals surface area contributed by atoms with Crippen LogP contribution < -0.4 is 9.47 Å². The molecule has 1 saturated carbocycles. The van der Waals surface area contributed by atoms with Crippen molar-refractivity contribution in [3.05, 3.63) is 35.4 Å². The fourth-order valence-electron chi connectivity index (χ4n) is 5.54. The second kappa shape index (κ2) is 4.54. The third-order valence-corrected chi connectivity index (χ3v) is 6.50. The van der Waals surface area contributed by atoms with Crippen molar-refractivity contribution >= 4 is 5.91 Å². The van der Waals surface area contributed by atoms with Crippen LogP contribution in [0.25, 0.3) is 0 Å². The molecule has 2 bridgehead atoms. The normalized spacial score (nSPS) is 38.1. The summed E-state index contributed by atoms with van der Waals surface area (Å²) in [6.45, 7) is 0.560. The highest BCUT2D eigenvalue weighted by atomic mass is 16.5. The van der Waals surface area contributed by atoms with Crippen molar-refractivity contribution in [3.63, 3.8) is 0 Å². The Bertz CT molecular complexity index is 773. The number of ether oxygens (including phenoxy) is 2. The molecule has 24 heavy (non-hydrogen) atoms. The maximum atomic E-state index is 13.0. The van der Waals surface area contributed by atoms with E-state index in [1.807, 2.05) is 12.1 Å². The van der Waals surface area contributed by atoms with E-state index in [9.17, 15) is 9.90 Å². The molecule has 1 N–H and O–H groups in total. The van der Waals surface area contributed by atoms with E-state index in [2.05, 4.69) is 12.2 Å². The number of fused-ring (bicyclic) bond motifs is 9. The van der Waals surface area contributed by atoms with Gasteiger partial charge in [0.2, 0.25) is 5.91 Å². The smallest absolute Gasteiger partial charge is 0.229 e. The number of allylic oxidation sites excluding steroid dienone is 2. The maximum Gasteiger partial charge on any atom is 0.229 e. The molecular formula is C19H21NO4. The lowest BCUT2D eigenvalue weighted by molar-refractivity contribution is -0.159. The van der Waals surface area contributed by atoms with Crippen LogP contribution in [-0.4, -0.2) is 36.7 Å². The van der Waals surface area contributed by atoms with E-state index in [1.165, 1.54) is 0 Å². The van der Waals surface area contributed by atoms with E-state index in [4.69, 9.17) is 9.47 Å². The first kappa shape index (κ1) is 14.3. The molecule has 1 saturated heterocycles. The highest BCUT2D eigenvalue weighted by Gasteiger charge is 2.67. The Labute approximate surface area is 140 Å². The number of carbonyl (C=O) groups excluding carboxylic acids is 1. The first-order chi connectivity index (χ1) is 11.6. The zero-order valence-electron chi connectivity index (χ0n) is 13.9. The van der Waals surface area contributed by atoms with Gasteiger partial charge in [-0.2, -0.15) is 0 Å². The van der Waals surface area contributed by atoms with Gasteiger partial charge in [0, 0.05) is 18.0 Å². The molecule has 0 unspecified atom stereocenters. The number of carbonyl (C=O) groups is 1. The Hall–Kier alpha value is -2.01. The summed E-state index contributed by atoms with van der Waals surface area (Å²) in [7, 11) is 3.21. The van der Waals surface area contributed by atoms with Crippen molar-refractivity contribution in [2.45, 2.75) is 18.6 Å². The molecule has 2 heterocycles. The summed E-state index contributed by atoms with van der Waals surface area (Å²) >= 11 is 0. The van der Waals surface area contributed by atoms with Crippen LogP contribution in [0.2, 0.25) is 0 Å². The van der Waals surface area contributed by atoms with Crippen molar-refractivity contribution in [3.8, 4) is 11.5 Å². The zero-order chi connectivity index (χ0) is 16.6. The van der Waals surface area contributed by atoms with Gasteiger partial charge in [0.05, 0.1) is 20.1 Å². The predicted octanol–water partition coefficient (Wildman–Crippen LogP) is 1.69. The molecule has 0 spiro atoms. The zero-order valence-corrected chi connectivity index (χ0v) is 13.9. The minimum atomic E-state index is -1.22. The number of nitrogens with zero attached hydrogens (tertiary/aromatic N) is 1. The van der Waals surface area contributed by atoms with Gasteiger partial charge in [0.1, 0.15) is 0 Å². The number of rotatable bonds is 2. The van der Waals surface area contributed by atoms with Gasteiger partial charge in [0.15, 0.2) is 17.2 Å². The van der Waals surface area contributed by atoms with Gasteiger partial charge in [-0.05, 0) is 42.4 Å². The summed E-state index contributed by atoms with van der Waals surface area (Å²) in [4.78, 5) is 14.7. The molecule has 0 aromatic heterocycles. The van der Waals surface area contributed by atoms with Gasteiger partial charge >= 0.3 is 0 Å². The summed E-state index contributed by atoms with van der Waals surface area (Å²) in [6.07, 6.45) is 6.07. The number of hydrogen-bond acceptors (Lipinski definition) is 4. The molecule has 1 aromatic carbocycles. The minimum absolute atomic E-state index is 0.0582. The highest BCUT2D eigenvalue weighted by molar-refractivity contribution is 5.85. The van der Waals surface area contributed by atoms with Crippen molar-refractivity contribution in [2.75, 3.05) is 20.8 Å². The average Bonchev–Trinajstić information content (AvgIpc) is 3.27. The van der Waals surface area contributed by atoms with E-state index in [1.54, 1.807) is 19.1 Å². The lowest BCUT2D eigenvalue weighted by Gasteiger charge is -2.44. The molecule has 1 amide bonds. The molecule has 0 radical (unpaired) electrons. The Morgan fingerprint density at radius 2 is 1.88 bits per heavy atom. The first-order valence-corrected chi connectivity index (χ1v) is 8.57. The van der Waals surface area contributed by atoms with Crippen molar-refractivity contribution in [2.24, 2.45) is 23.7 Å². The molecule has 2 fully saturated rings. The van der Waals surface area contributed by atoms with E-state index in [0.29, 0.717) is 18.0 Å². The molecule has 5 nitrogen and oxygen atoms in total. The number of methoxy groups -OCH3 is 2. The number of hydrogen-bond donors (Lipinski definition) is 1. The van der Waals surface area contributed by atoms with Gasteiger partial charge in [-0.1, -0.05) is 12.2 Å². The van der Waals surface area contributed by atoms with E-state index in [-0.39, 0.29) is 29.6 Å². The minimum Gasteiger partial charge on any atom is -0.493 e. The molecule has 1 aromatic rings. The maximum absolute atomic E-state index is 13.0. The Morgan fingerprint density at radius 1 is 1.17 bits per heavy atom. The fourth-order valence-corrected chi connectivity index (χ4v) is 5.54. The topological polar surface area (TPSA) is 59.0 Å². The van der Waals surface area contributed by atoms with Crippen LogP contribution in [-0.2, 0) is 16.9 Å². The van der Waals surface area contributed by atoms with Crippen LogP contribution in [0.15, 0.2) is 24.3 Å². The monoisotopic (exact) mass is 327 g/mol. The molecule has 2 aliphatic heterocycles. The van der Waals surface area contributed by atoms with Crippen molar-refractivity contribution < 1.29 is 19.4 Å². The van der Waals surface area contributed by atoms with Crippen LogP contribution in [0.4, 0.5) is 0 Å². The molecule has 5 atom stereocenters. The van der Waals surface area contributed by atoms with Gasteiger partial charge < -0.3 is 19.5 Å². The Morgan fingerprint density at radius 3 is 2.62 bits per heavy atom. The molecule has 5 rings (SSSR count). The summed E-state index contributed by atoms with van der Waals surface area (Å²) < 4.78 is 10.8. The van der Waals surface area contributed by atoms with E-state index in [0.717, 1.165) is 24.0 Å². The summed E-state index contributed by atoms with van der Waals surface area (Å²) in [5, 5.41) is 11.8. The number of amides is 1. The molecule has 4 aliphatic rings. The van der Waals surface area contributed by atoms with Crippen LogP contribution in [0.1, 0.15) is 17.5 Å². The Kier molecular flexibility index (Phi) is 2.71. The summed E-state index contributed by atoms with van der Waals surface area (Å²) in [5.74, 6) is 1.80. The standard InChI is InChI=1S/C19H21NO4/c1-23-14-8-10-5-6-20-18(21)16-11-3-4-12(7-11)17(16)19(20,22)13(10)9-15(14)24-2/h3-4,8-9,11-12,16-17,22H,5-7H2,1-2H3/t11-,12+,16-,17+,19+/m0/s1. The average molecular weight is 327 g/mol. The number of benzene rings is 1. The Balaban J connectivity index is 1.71. The van der Waals surface area contributed by atoms with Crippen LogP contribution in [0.5, 0.6) is 11.5 Å². The quantitative estimate of drug-likeness (QED) is 0.840. The fraction of sp³-hybridized carbons (Fsp3) is 0.526. The van der Waals surface area contributed by atoms with Crippen LogP contribution >= 0.6 is 0 Å². The molecule has 126 valence electrons. The summed E-state index contributed by atoms with van der Waals surface area (Å²) in [6, 6.07) is 3.82. The highest BCUT2D eigenvalue weighted by Crippen LogP contribution is 2.62. The van der Waals surface area contributed by atoms with Crippen LogP contribution in [0, 0.1) is 23.7 Å². The largest absolute Gasteiger partial charge is 0.493 e. The third-order valence-electron chi connectivity index (χ3n) is 6.50. The lowest BCUT2D eigenvalue weighted by Crippen LogP contribution is -2.51.